The summed E-state index contributed by atoms with van der Waals surface area (Å²) in [7, 11) is 0. The summed E-state index contributed by atoms with van der Waals surface area (Å²) >= 11 is 3.35. The molecule has 5 nitrogen and oxygen atoms in total. The van der Waals surface area contributed by atoms with Crippen LogP contribution in [0.3, 0.4) is 0 Å². The molecule has 1 saturated heterocycles. The van der Waals surface area contributed by atoms with Crippen LogP contribution in [0.1, 0.15) is 13.3 Å². The minimum Gasteiger partial charge on any atom is -0.484 e. The molecule has 0 aromatic heterocycles. The second-order valence-electron chi connectivity index (χ2n) is 4.98. The quantitative estimate of drug-likeness (QED) is 0.832. The van der Waals surface area contributed by atoms with Crippen LogP contribution >= 0.6 is 15.9 Å². The normalized spacial score (nSPS) is 15.5. The first kappa shape index (κ1) is 15.8. The molecule has 1 aliphatic rings. The summed E-state index contributed by atoms with van der Waals surface area (Å²) in [5, 5.41) is 0. The summed E-state index contributed by atoms with van der Waals surface area (Å²) in [6.45, 7) is 4.15. The standard InChI is InChI=1S/C15H19BrN2O3/c1-12(19)17-7-2-8-18(10-9-17)15(20)11-21-14-5-3-13(16)4-6-14/h3-6H,2,7-11H2,1H3. The van der Waals surface area contributed by atoms with Gasteiger partial charge in [0.05, 0.1) is 0 Å². The molecule has 0 saturated carbocycles. The third-order valence-electron chi connectivity index (χ3n) is 3.47. The summed E-state index contributed by atoms with van der Waals surface area (Å²) in [6.07, 6.45) is 0.809. The molecular formula is C15H19BrN2O3. The van der Waals surface area contributed by atoms with E-state index in [9.17, 15) is 9.59 Å². The second-order valence-corrected chi connectivity index (χ2v) is 5.90. The Balaban J connectivity index is 1.83. The van der Waals surface area contributed by atoms with Gasteiger partial charge in [0, 0.05) is 37.6 Å². The van der Waals surface area contributed by atoms with Crippen molar-refractivity contribution in [2.24, 2.45) is 0 Å². The molecule has 6 heteroatoms. The SMILES string of the molecule is CC(=O)N1CCCN(C(=O)COc2ccc(Br)cc2)CC1. The molecule has 2 amide bonds. The van der Waals surface area contributed by atoms with Crippen molar-refractivity contribution in [3.8, 4) is 5.75 Å². The van der Waals surface area contributed by atoms with Crippen molar-refractivity contribution < 1.29 is 14.3 Å². The average Bonchev–Trinajstić information content (AvgIpc) is 2.72. The first-order chi connectivity index (χ1) is 10.1. The summed E-state index contributed by atoms with van der Waals surface area (Å²) in [4.78, 5) is 27.1. The summed E-state index contributed by atoms with van der Waals surface area (Å²) in [6, 6.07) is 7.38. The second kappa shape index (κ2) is 7.45. The monoisotopic (exact) mass is 354 g/mol. The smallest absolute Gasteiger partial charge is 0.260 e. The van der Waals surface area contributed by atoms with Crippen LogP contribution in [-0.2, 0) is 9.59 Å². The minimum absolute atomic E-state index is 0.0295. The van der Waals surface area contributed by atoms with E-state index in [-0.39, 0.29) is 18.4 Å². The van der Waals surface area contributed by atoms with Crippen molar-refractivity contribution in [3.05, 3.63) is 28.7 Å². The van der Waals surface area contributed by atoms with Crippen molar-refractivity contribution in [1.29, 1.82) is 0 Å². The van der Waals surface area contributed by atoms with E-state index < -0.39 is 0 Å². The van der Waals surface area contributed by atoms with E-state index in [0.717, 1.165) is 10.9 Å². The van der Waals surface area contributed by atoms with Crippen LogP contribution in [0.5, 0.6) is 5.75 Å². The summed E-state index contributed by atoms with van der Waals surface area (Å²) in [5.41, 5.74) is 0. The van der Waals surface area contributed by atoms with E-state index in [2.05, 4.69) is 15.9 Å². The van der Waals surface area contributed by atoms with Gasteiger partial charge in [-0.25, -0.2) is 0 Å². The summed E-state index contributed by atoms with van der Waals surface area (Å²) in [5.74, 6) is 0.700. The zero-order chi connectivity index (χ0) is 15.2. The van der Waals surface area contributed by atoms with Crippen molar-refractivity contribution in [3.63, 3.8) is 0 Å². The zero-order valence-corrected chi connectivity index (χ0v) is 13.6. The Kier molecular flexibility index (Phi) is 5.61. The van der Waals surface area contributed by atoms with Gasteiger partial charge in [-0.15, -0.1) is 0 Å². The van der Waals surface area contributed by atoms with Gasteiger partial charge in [0.25, 0.3) is 5.91 Å². The van der Waals surface area contributed by atoms with E-state index in [0.29, 0.717) is 31.9 Å². The number of hydrogen-bond acceptors (Lipinski definition) is 3. The molecule has 1 aromatic rings. The van der Waals surface area contributed by atoms with Gasteiger partial charge >= 0.3 is 0 Å². The number of amides is 2. The number of nitrogens with zero attached hydrogens (tertiary/aromatic N) is 2. The zero-order valence-electron chi connectivity index (χ0n) is 12.0. The molecular weight excluding hydrogens is 336 g/mol. The fourth-order valence-electron chi connectivity index (χ4n) is 2.25. The highest BCUT2D eigenvalue weighted by Gasteiger charge is 2.20. The van der Waals surface area contributed by atoms with E-state index in [4.69, 9.17) is 4.74 Å². The average molecular weight is 355 g/mol. The Morgan fingerprint density at radius 2 is 1.71 bits per heavy atom. The lowest BCUT2D eigenvalue weighted by Gasteiger charge is -2.21. The van der Waals surface area contributed by atoms with Crippen LogP contribution < -0.4 is 4.74 Å². The predicted molar refractivity (Wildman–Crippen MR) is 83.1 cm³/mol. The molecule has 21 heavy (non-hydrogen) atoms. The van der Waals surface area contributed by atoms with Crippen molar-refractivity contribution >= 4 is 27.7 Å². The highest BCUT2D eigenvalue weighted by Crippen LogP contribution is 2.16. The number of carbonyl (C=O) groups excluding carboxylic acids is 2. The van der Waals surface area contributed by atoms with E-state index in [1.807, 2.05) is 24.3 Å². The van der Waals surface area contributed by atoms with Gasteiger partial charge in [-0.2, -0.15) is 0 Å². The maximum atomic E-state index is 12.2. The van der Waals surface area contributed by atoms with Gasteiger partial charge < -0.3 is 14.5 Å². The van der Waals surface area contributed by atoms with Crippen LogP contribution in [0, 0.1) is 0 Å². The van der Waals surface area contributed by atoms with Gasteiger partial charge in [-0.3, -0.25) is 9.59 Å². The Hall–Kier alpha value is -1.56. The predicted octanol–water partition coefficient (Wildman–Crippen LogP) is 1.91. The molecule has 114 valence electrons. The van der Waals surface area contributed by atoms with Gasteiger partial charge in [0.1, 0.15) is 5.75 Å². The summed E-state index contributed by atoms with van der Waals surface area (Å²) < 4.78 is 6.47. The van der Waals surface area contributed by atoms with Crippen LogP contribution in [0.25, 0.3) is 0 Å². The number of hydrogen-bond donors (Lipinski definition) is 0. The highest BCUT2D eigenvalue weighted by atomic mass is 79.9. The number of halogens is 1. The fraction of sp³-hybridized carbons (Fsp3) is 0.467. The molecule has 1 aliphatic heterocycles. The van der Waals surface area contributed by atoms with E-state index in [1.165, 1.54) is 0 Å². The Morgan fingerprint density at radius 1 is 1.10 bits per heavy atom. The third kappa shape index (κ3) is 4.74. The molecule has 0 N–H and O–H groups in total. The fourth-order valence-corrected chi connectivity index (χ4v) is 2.51. The largest absolute Gasteiger partial charge is 0.484 e. The lowest BCUT2D eigenvalue weighted by atomic mass is 10.3. The van der Waals surface area contributed by atoms with Crippen LogP contribution in [0.15, 0.2) is 28.7 Å². The molecule has 0 spiro atoms. The van der Waals surface area contributed by atoms with Crippen molar-refractivity contribution in [2.75, 3.05) is 32.8 Å². The molecule has 1 aromatic carbocycles. The number of rotatable bonds is 3. The first-order valence-electron chi connectivity index (χ1n) is 6.98. The molecule has 1 heterocycles. The highest BCUT2D eigenvalue weighted by molar-refractivity contribution is 9.10. The van der Waals surface area contributed by atoms with Gasteiger partial charge in [0.15, 0.2) is 6.61 Å². The molecule has 0 unspecified atom stereocenters. The maximum absolute atomic E-state index is 12.2. The van der Waals surface area contributed by atoms with Crippen LogP contribution in [0.4, 0.5) is 0 Å². The Bertz CT molecular complexity index is 504. The van der Waals surface area contributed by atoms with E-state index in [1.54, 1.807) is 16.7 Å². The third-order valence-corrected chi connectivity index (χ3v) is 4.00. The number of carbonyl (C=O) groups is 2. The molecule has 1 fully saturated rings. The first-order valence-corrected chi connectivity index (χ1v) is 7.77. The molecule has 0 atom stereocenters. The molecule has 0 aliphatic carbocycles. The molecule has 2 rings (SSSR count). The molecule has 0 bridgehead atoms. The van der Waals surface area contributed by atoms with E-state index >= 15 is 0 Å². The minimum atomic E-state index is -0.0386. The maximum Gasteiger partial charge on any atom is 0.260 e. The number of benzene rings is 1. The van der Waals surface area contributed by atoms with Crippen LogP contribution in [-0.4, -0.2) is 54.4 Å². The molecule has 0 radical (unpaired) electrons. The lowest BCUT2D eigenvalue weighted by molar-refractivity contribution is -0.134. The van der Waals surface area contributed by atoms with Crippen molar-refractivity contribution in [1.82, 2.24) is 9.80 Å². The van der Waals surface area contributed by atoms with Gasteiger partial charge in [-0.1, -0.05) is 15.9 Å². The Labute approximate surface area is 133 Å². The van der Waals surface area contributed by atoms with Gasteiger partial charge in [-0.05, 0) is 30.7 Å². The van der Waals surface area contributed by atoms with Crippen molar-refractivity contribution in [2.45, 2.75) is 13.3 Å². The number of ether oxygens (including phenoxy) is 1. The lowest BCUT2D eigenvalue weighted by Crippen LogP contribution is -2.38. The van der Waals surface area contributed by atoms with Gasteiger partial charge in [0.2, 0.25) is 5.91 Å². The van der Waals surface area contributed by atoms with Crippen LogP contribution in [0.2, 0.25) is 0 Å². The Morgan fingerprint density at radius 3 is 2.38 bits per heavy atom. The topological polar surface area (TPSA) is 49.9 Å².